The molecule has 0 unspecified atom stereocenters. The minimum Gasteiger partial charge on any atom is -0.223 e. The fourth-order valence-corrected chi connectivity index (χ4v) is 5.23. The molecule has 0 fully saturated rings. The molecule has 0 N–H and O–H groups in total. The summed E-state index contributed by atoms with van der Waals surface area (Å²) in [6.07, 6.45) is 0. The van der Waals surface area contributed by atoms with Gasteiger partial charge in [-0.15, -0.1) is 0 Å². The molecule has 0 saturated heterocycles. The molecule has 1 aromatic carbocycles. The molecule has 0 saturated carbocycles. The number of benzene rings is 1. The zero-order valence-corrected chi connectivity index (χ0v) is 12.3. The first kappa shape index (κ1) is 13.4. The summed E-state index contributed by atoms with van der Waals surface area (Å²) in [4.78, 5) is 0.378. The van der Waals surface area contributed by atoms with Crippen molar-refractivity contribution in [1.29, 1.82) is 0 Å². The van der Waals surface area contributed by atoms with Gasteiger partial charge in [0.25, 0.3) is 0 Å². The van der Waals surface area contributed by atoms with Gasteiger partial charge in [0.2, 0.25) is 10.0 Å². The van der Waals surface area contributed by atoms with Gasteiger partial charge in [0.1, 0.15) is 8.24 Å². The van der Waals surface area contributed by atoms with Gasteiger partial charge >= 0.3 is 0 Å². The number of hydrogen-bond acceptors (Lipinski definition) is 2. The Balaban J connectivity index is 3.17. The van der Waals surface area contributed by atoms with Crippen molar-refractivity contribution < 1.29 is 8.42 Å². The van der Waals surface area contributed by atoms with Crippen molar-refractivity contribution in [2.24, 2.45) is 0 Å². The van der Waals surface area contributed by atoms with Crippen molar-refractivity contribution >= 4 is 18.3 Å². The van der Waals surface area contributed by atoms with E-state index < -0.39 is 18.3 Å². The highest BCUT2D eigenvalue weighted by Gasteiger charge is 2.31. The lowest BCUT2D eigenvalue weighted by atomic mass is 10.2. The second-order valence-electron chi connectivity index (χ2n) is 4.96. The van der Waals surface area contributed by atoms with Crippen LogP contribution in [0.5, 0.6) is 0 Å². The summed E-state index contributed by atoms with van der Waals surface area (Å²) in [6.45, 7) is 7.98. The van der Waals surface area contributed by atoms with Crippen LogP contribution in [0.3, 0.4) is 0 Å². The van der Waals surface area contributed by atoms with Gasteiger partial charge in [-0.1, -0.05) is 37.3 Å². The Bertz CT molecular complexity index is 460. The van der Waals surface area contributed by atoms with Crippen LogP contribution in [0.1, 0.15) is 5.56 Å². The third-order valence-corrected chi connectivity index (χ3v) is 8.47. The fraction of sp³-hybridized carbons (Fsp3) is 0.455. The molecule has 0 aromatic heterocycles. The van der Waals surface area contributed by atoms with Crippen LogP contribution in [-0.2, 0) is 10.0 Å². The summed E-state index contributed by atoms with van der Waals surface area (Å²) in [6, 6.07) is 6.98. The van der Waals surface area contributed by atoms with E-state index >= 15 is 0 Å². The van der Waals surface area contributed by atoms with Crippen LogP contribution in [0.2, 0.25) is 19.6 Å². The van der Waals surface area contributed by atoms with Crippen LogP contribution in [0, 0.1) is 6.92 Å². The van der Waals surface area contributed by atoms with E-state index in [1.807, 2.05) is 38.7 Å². The lowest BCUT2D eigenvalue weighted by Gasteiger charge is -2.29. The van der Waals surface area contributed by atoms with E-state index in [0.29, 0.717) is 4.90 Å². The second kappa shape index (κ2) is 4.31. The summed E-state index contributed by atoms with van der Waals surface area (Å²) >= 11 is 0. The standard InChI is InChI=1S/C11H19NO2SSi/c1-10-6-8-11(9-7-10)15(13,14)12(2)16(3,4)5/h6-9H,1-5H3. The van der Waals surface area contributed by atoms with Crippen LogP contribution in [-0.4, -0.2) is 27.7 Å². The quantitative estimate of drug-likeness (QED) is 0.780. The van der Waals surface area contributed by atoms with E-state index in [4.69, 9.17) is 0 Å². The lowest BCUT2D eigenvalue weighted by molar-refractivity contribution is 0.553. The van der Waals surface area contributed by atoms with Gasteiger partial charge in [0, 0.05) is 0 Å². The molecule has 0 radical (unpaired) electrons. The summed E-state index contributed by atoms with van der Waals surface area (Å²) in [5.41, 5.74) is 1.06. The summed E-state index contributed by atoms with van der Waals surface area (Å²) in [5.74, 6) is 0. The zero-order valence-electron chi connectivity index (χ0n) is 10.5. The summed E-state index contributed by atoms with van der Waals surface area (Å²) in [5, 5.41) is 0. The number of rotatable bonds is 3. The van der Waals surface area contributed by atoms with E-state index in [2.05, 4.69) is 0 Å². The van der Waals surface area contributed by atoms with Crippen LogP contribution in [0.15, 0.2) is 29.2 Å². The molecule has 0 aliphatic rings. The van der Waals surface area contributed by atoms with Crippen molar-refractivity contribution in [2.45, 2.75) is 31.5 Å². The maximum Gasteiger partial charge on any atom is 0.236 e. The highest BCUT2D eigenvalue weighted by atomic mass is 32.2. The van der Waals surface area contributed by atoms with Crippen LogP contribution in [0.25, 0.3) is 0 Å². The molecule has 0 amide bonds. The number of aryl methyl sites for hydroxylation is 1. The molecule has 1 aromatic rings. The van der Waals surface area contributed by atoms with Crippen molar-refractivity contribution in [3.63, 3.8) is 0 Å². The van der Waals surface area contributed by atoms with Gasteiger partial charge in [0.15, 0.2) is 0 Å². The zero-order chi connectivity index (χ0) is 12.6. The van der Waals surface area contributed by atoms with Gasteiger partial charge in [-0.25, -0.2) is 12.4 Å². The van der Waals surface area contributed by atoms with Crippen molar-refractivity contribution in [2.75, 3.05) is 7.05 Å². The van der Waals surface area contributed by atoms with Gasteiger partial charge in [-0.05, 0) is 26.1 Å². The molecule has 90 valence electrons. The first-order valence-corrected chi connectivity index (χ1v) is 10.1. The molecule has 16 heavy (non-hydrogen) atoms. The van der Waals surface area contributed by atoms with Crippen molar-refractivity contribution in [3.05, 3.63) is 29.8 Å². The highest BCUT2D eigenvalue weighted by molar-refractivity contribution is 7.90. The van der Waals surface area contributed by atoms with Crippen LogP contribution >= 0.6 is 0 Å². The van der Waals surface area contributed by atoms with Gasteiger partial charge < -0.3 is 0 Å². The Morgan fingerprint density at radius 2 is 1.50 bits per heavy atom. The number of hydrogen-bond donors (Lipinski definition) is 0. The average Bonchev–Trinajstić information content (AvgIpc) is 2.16. The van der Waals surface area contributed by atoms with Crippen molar-refractivity contribution in [3.8, 4) is 0 Å². The molecule has 0 bridgehead atoms. The largest absolute Gasteiger partial charge is 0.236 e. The summed E-state index contributed by atoms with van der Waals surface area (Å²) < 4.78 is 26.0. The Labute approximate surface area is 99.2 Å². The predicted molar refractivity (Wildman–Crippen MR) is 69.5 cm³/mol. The molecule has 0 aliphatic heterocycles. The van der Waals surface area contributed by atoms with Crippen molar-refractivity contribution in [1.82, 2.24) is 3.97 Å². The fourth-order valence-electron chi connectivity index (χ4n) is 1.23. The topological polar surface area (TPSA) is 37.4 Å². The minimum atomic E-state index is -3.32. The molecule has 0 spiro atoms. The maximum absolute atomic E-state index is 12.3. The molecular formula is C11H19NO2SSi. The van der Waals surface area contributed by atoms with Gasteiger partial charge in [-0.3, -0.25) is 0 Å². The van der Waals surface area contributed by atoms with E-state index in [-0.39, 0.29) is 0 Å². The second-order valence-corrected chi connectivity index (χ2v) is 12.3. The number of nitrogens with zero attached hydrogens (tertiary/aromatic N) is 1. The van der Waals surface area contributed by atoms with Gasteiger partial charge in [0.05, 0.1) is 4.90 Å². The Morgan fingerprint density at radius 3 is 1.88 bits per heavy atom. The molecule has 0 atom stereocenters. The van der Waals surface area contributed by atoms with Crippen LogP contribution < -0.4 is 0 Å². The first-order valence-electron chi connectivity index (χ1n) is 5.21. The molecule has 3 nitrogen and oxygen atoms in total. The van der Waals surface area contributed by atoms with E-state index in [1.165, 1.54) is 3.97 Å². The first-order chi connectivity index (χ1) is 7.15. The summed E-state index contributed by atoms with van der Waals surface area (Å²) in [7, 11) is -3.50. The molecule has 1 rings (SSSR count). The number of sulfonamides is 1. The lowest BCUT2D eigenvalue weighted by Crippen LogP contribution is -2.46. The average molecular weight is 257 g/mol. The highest BCUT2D eigenvalue weighted by Crippen LogP contribution is 2.20. The van der Waals surface area contributed by atoms with E-state index in [0.717, 1.165) is 5.56 Å². The third kappa shape index (κ3) is 2.72. The van der Waals surface area contributed by atoms with E-state index in [9.17, 15) is 8.42 Å². The predicted octanol–water partition coefficient (Wildman–Crippen LogP) is 2.45. The Morgan fingerprint density at radius 1 is 1.06 bits per heavy atom. The minimum absolute atomic E-state index is 0.378. The molecule has 0 heterocycles. The smallest absolute Gasteiger partial charge is 0.223 e. The van der Waals surface area contributed by atoms with E-state index in [1.54, 1.807) is 19.2 Å². The monoisotopic (exact) mass is 257 g/mol. The third-order valence-electron chi connectivity index (χ3n) is 2.62. The maximum atomic E-state index is 12.3. The molecule has 0 aliphatic carbocycles. The molecule has 5 heteroatoms. The Kier molecular flexibility index (Phi) is 3.61. The molecular weight excluding hydrogens is 238 g/mol. The SMILES string of the molecule is Cc1ccc(S(=O)(=O)N(C)[Si](C)(C)C)cc1. The van der Waals surface area contributed by atoms with Crippen LogP contribution in [0.4, 0.5) is 0 Å². The normalized spacial score (nSPS) is 13.1. The Hall–Kier alpha value is -0.653. The van der Waals surface area contributed by atoms with Gasteiger partial charge in [-0.2, -0.15) is 0 Å².